The van der Waals surface area contributed by atoms with Gasteiger partial charge in [-0.3, -0.25) is 4.79 Å². The van der Waals surface area contributed by atoms with E-state index in [-0.39, 0.29) is 5.91 Å². The Morgan fingerprint density at radius 3 is 3.00 bits per heavy atom. The molecule has 0 bridgehead atoms. The number of nitrogens with zero attached hydrogens (tertiary/aromatic N) is 2. The first kappa shape index (κ1) is 16.0. The van der Waals surface area contributed by atoms with Crippen LogP contribution in [0.3, 0.4) is 0 Å². The third-order valence-electron chi connectivity index (χ3n) is 3.63. The molecular weight excluding hydrogens is 292 g/mol. The zero-order valence-electron chi connectivity index (χ0n) is 12.2. The summed E-state index contributed by atoms with van der Waals surface area (Å²) in [6, 6.07) is -0.558. The van der Waals surface area contributed by atoms with Crippen LogP contribution >= 0.6 is 0 Å². The van der Waals surface area contributed by atoms with Crippen LogP contribution in [-0.4, -0.2) is 54.0 Å². The van der Waals surface area contributed by atoms with Gasteiger partial charge in [-0.15, -0.1) is 0 Å². The smallest absolute Gasteiger partial charge is 0.238 e. The fraction of sp³-hybridized carbons (Fsp3) is 0.692. The van der Waals surface area contributed by atoms with Crippen LogP contribution in [0.5, 0.6) is 0 Å². The van der Waals surface area contributed by atoms with Crippen LogP contribution < -0.4 is 5.32 Å². The van der Waals surface area contributed by atoms with Crippen molar-refractivity contribution in [3.05, 3.63) is 18.2 Å². The second-order valence-electron chi connectivity index (χ2n) is 5.32. The number of carbonyl (C=O) groups excluding carboxylic acids is 1. The van der Waals surface area contributed by atoms with Crippen molar-refractivity contribution in [2.45, 2.75) is 38.1 Å². The van der Waals surface area contributed by atoms with Gasteiger partial charge in [0, 0.05) is 31.9 Å². The number of aryl methyl sites for hydroxylation is 1. The highest BCUT2D eigenvalue weighted by atomic mass is 32.2. The summed E-state index contributed by atoms with van der Waals surface area (Å²) in [5.74, 6) is 0.694. The van der Waals surface area contributed by atoms with E-state index >= 15 is 0 Å². The van der Waals surface area contributed by atoms with Crippen molar-refractivity contribution in [2.24, 2.45) is 0 Å². The number of H-pyrrole nitrogens is 1. The van der Waals surface area contributed by atoms with E-state index in [1.807, 2.05) is 0 Å². The molecule has 21 heavy (non-hydrogen) atoms. The van der Waals surface area contributed by atoms with E-state index in [1.165, 1.54) is 4.31 Å². The van der Waals surface area contributed by atoms with Crippen LogP contribution in [0, 0.1) is 0 Å². The molecule has 1 aliphatic rings. The molecule has 2 N–H and O–H groups in total. The van der Waals surface area contributed by atoms with E-state index < -0.39 is 16.1 Å². The van der Waals surface area contributed by atoms with Crippen LogP contribution in [0.2, 0.25) is 0 Å². The second kappa shape index (κ2) is 7.04. The summed E-state index contributed by atoms with van der Waals surface area (Å²) in [6.07, 6.45) is 8.44. The summed E-state index contributed by atoms with van der Waals surface area (Å²) >= 11 is 0. The van der Waals surface area contributed by atoms with Gasteiger partial charge in [0.2, 0.25) is 15.9 Å². The molecule has 118 valence electrons. The monoisotopic (exact) mass is 314 g/mol. The van der Waals surface area contributed by atoms with Crippen molar-refractivity contribution in [1.82, 2.24) is 19.6 Å². The van der Waals surface area contributed by atoms with Crippen LogP contribution in [0.4, 0.5) is 0 Å². The Kier molecular flexibility index (Phi) is 5.35. The van der Waals surface area contributed by atoms with Gasteiger partial charge in [0.05, 0.1) is 6.26 Å². The van der Waals surface area contributed by atoms with E-state index in [1.54, 1.807) is 12.4 Å². The lowest BCUT2D eigenvalue weighted by Crippen LogP contribution is -2.51. The Balaban J connectivity index is 1.81. The second-order valence-corrected chi connectivity index (χ2v) is 7.25. The predicted molar refractivity (Wildman–Crippen MR) is 79.1 cm³/mol. The number of rotatable bonds is 6. The highest BCUT2D eigenvalue weighted by molar-refractivity contribution is 7.88. The molecule has 1 atom stereocenters. The maximum atomic E-state index is 12.2. The lowest BCUT2D eigenvalue weighted by molar-refractivity contribution is -0.125. The van der Waals surface area contributed by atoms with Crippen molar-refractivity contribution in [3.8, 4) is 0 Å². The lowest BCUT2D eigenvalue weighted by Gasteiger charge is -2.32. The van der Waals surface area contributed by atoms with Gasteiger partial charge in [-0.2, -0.15) is 4.31 Å². The highest BCUT2D eigenvalue weighted by Crippen LogP contribution is 2.19. The molecule has 0 aliphatic carbocycles. The molecular formula is C13H22N4O3S. The summed E-state index contributed by atoms with van der Waals surface area (Å²) in [5, 5.41) is 2.83. The van der Waals surface area contributed by atoms with Crippen LogP contribution in [-0.2, 0) is 21.2 Å². The van der Waals surface area contributed by atoms with Gasteiger partial charge in [0.25, 0.3) is 0 Å². The first-order valence-corrected chi connectivity index (χ1v) is 9.06. The number of imidazole rings is 1. The summed E-state index contributed by atoms with van der Waals surface area (Å²) in [4.78, 5) is 19.3. The number of aromatic nitrogens is 2. The molecule has 1 aromatic heterocycles. The van der Waals surface area contributed by atoms with Crippen molar-refractivity contribution in [2.75, 3.05) is 19.3 Å². The molecule has 0 spiro atoms. The summed E-state index contributed by atoms with van der Waals surface area (Å²) in [7, 11) is -3.33. The van der Waals surface area contributed by atoms with Gasteiger partial charge < -0.3 is 10.3 Å². The molecule has 0 aromatic carbocycles. The molecule has 1 saturated heterocycles. The van der Waals surface area contributed by atoms with E-state index in [2.05, 4.69) is 15.3 Å². The first-order valence-electron chi connectivity index (χ1n) is 7.21. The Bertz CT molecular complexity index is 556. The highest BCUT2D eigenvalue weighted by Gasteiger charge is 2.34. The fourth-order valence-electron chi connectivity index (χ4n) is 2.58. The zero-order valence-corrected chi connectivity index (χ0v) is 13.0. The maximum Gasteiger partial charge on any atom is 0.238 e. The van der Waals surface area contributed by atoms with Gasteiger partial charge in [-0.25, -0.2) is 13.4 Å². The number of amides is 1. The third kappa shape index (κ3) is 4.53. The molecule has 1 fully saturated rings. The first-order chi connectivity index (χ1) is 9.98. The molecule has 1 aliphatic heterocycles. The van der Waals surface area contributed by atoms with Crippen molar-refractivity contribution in [3.63, 3.8) is 0 Å². The molecule has 1 amide bonds. The Morgan fingerprint density at radius 2 is 2.33 bits per heavy atom. The molecule has 7 nitrogen and oxygen atoms in total. The number of hydrogen-bond donors (Lipinski definition) is 2. The Morgan fingerprint density at radius 1 is 1.52 bits per heavy atom. The van der Waals surface area contributed by atoms with Gasteiger partial charge >= 0.3 is 0 Å². The number of carbonyl (C=O) groups is 1. The Hall–Kier alpha value is -1.41. The van der Waals surface area contributed by atoms with E-state index in [4.69, 9.17) is 0 Å². The zero-order chi connectivity index (χ0) is 15.3. The largest absolute Gasteiger partial charge is 0.355 e. The topological polar surface area (TPSA) is 95.2 Å². The van der Waals surface area contributed by atoms with Crippen LogP contribution in [0.15, 0.2) is 12.4 Å². The fourth-order valence-corrected chi connectivity index (χ4v) is 3.71. The Labute approximate surface area is 125 Å². The molecule has 1 unspecified atom stereocenters. The lowest BCUT2D eigenvalue weighted by atomic mass is 10.0. The predicted octanol–water partition coefficient (Wildman–Crippen LogP) is 0.273. The number of hydrogen-bond acceptors (Lipinski definition) is 4. The van der Waals surface area contributed by atoms with Crippen molar-refractivity contribution < 1.29 is 13.2 Å². The number of nitrogens with one attached hydrogen (secondary N) is 2. The van der Waals surface area contributed by atoms with Crippen LogP contribution in [0.25, 0.3) is 0 Å². The van der Waals surface area contributed by atoms with E-state index in [0.29, 0.717) is 19.5 Å². The van der Waals surface area contributed by atoms with Gasteiger partial charge in [-0.1, -0.05) is 6.42 Å². The van der Waals surface area contributed by atoms with Gasteiger partial charge in [0.1, 0.15) is 11.9 Å². The molecule has 0 radical (unpaired) electrons. The standard InChI is InChI=1S/C13H22N4O3S/c1-21(19,20)17-10-3-2-5-11(17)13(18)16-7-4-6-12-14-8-9-15-12/h8-9,11H,2-7,10H2,1H3,(H,14,15)(H,16,18). The average molecular weight is 314 g/mol. The molecule has 1 aromatic rings. The molecule has 2 rings (SSSR count). The summed E-state index contributed by atoms with van der Waals surface area (Å²) in [6.45, 7) is 0.955. The van der Waals surface area contributed by atoms with Crippen molar-refractivity contribution in [1.29, 1.82) is 0 Å². The minimum atomic E-state index is -3.33. The number of piperidine rings is 1. The normalized spacial score (nSPS) is 20.3. The van der Waals surface area contributed by atoms with Gasteiger partial charge in [-0.05, 0) is 19.3 Å². The minimum Gasteiger partial charge on any atom is -0.355 e. The molecule has 0 saturated carbocycles. The van der Waals surface area contributed by atoms with Crippen molar-refractivity contribution >= 4 is 15.9 Å². The maximum absolute atomic E-state index is 12.2. The minimum absolute atomic E-state index is 0.195. The van der Waals surface area contributed by atoms with E-state index in [0.717, 1.165) is 37.8 Å². The molecule has 8 heteroatoms. The SMILES string of the molecule is CS(=O)(=O)N1CCCCC1C(=O)NCCCc1ncc[nH]1. The van der Waals surface area contributed by atoms with Crippen LogP contribution in [0.1, 0.15) is 31.5 Å². The summed E-state index contributed by atoms with van der Waals surface area (Å²) in [5.41, 5.74) is 0. The average Bonchev–Trinajstić information content (AvgIpc) is 2.95. The van der Waals surface area contributed by atoms with Gasteiger partial charge in [0.15, 0.2) is 0 Å². The number of aromatic amines is 1. The summed E-state index contributed by atoms with van der Waals surface area (Å²) < 4.78 is 24.8. The van der Waals surface area contributed by atoms with E-state index in [9.17, 15) is 13.2 Å². The third-order valence-corrected chi connectivity index (χ3v) is 4.92. The quantitative estimate of drug-likeness (QED) is 0.737. The molecule has 2 heterocycles. The number of sulfonamides is 1.